The summed E-state index contributed by atoms with van der Waals surface area (Å²) >= 11 is 0. The Hall–Kier alpha value is -1.31. The van der Waals surface area contributed by atoms with Gasteiger partial charge in [0.05, 0.1) is 0 Å². The normalized spacial score (nSPS) is 10.8. The van der Waals surface area contributed by atoms with Gasteiger partial charge in [0, 0.05) is 18.5 Å². The lowest BCUT2D eigenvalue weighted by molar-refractivity contribution is 0.814. The molecule has 0 amide bonds. The van der Waals surface area contributed by atoms with Gasteiger partial charge in [-0.05, 0) is 12.5 Å². The van der Waals surface area contributed by atoms with Gasteiger partial charge in [0.25, 0.3) is 5.56 Å². The van der Waals surface area contributed by atoms with E-state index in [9.17, 15) is 4.79 Å². The Bertz CT molecular complexity index is 325. The second kappa shape index (κ2) is 5.36. The molecule has 0 aliphatic rings. The summed E-state index contributed by atoms with van der Waals surface area (Å²) in [6, 6.07) is 5.16. The Labute approximate surface area is 78.5 Å². The minimum atomic E-state index is 0.0234. The van der Waals surface area contributed by atoms with E-state index in [-0.39, 0.29) is 5.56 Å². The van der Waals surface area contributed by atoms with Crippen LogP contribution in [0.25, 0.3) is 6.20 Å². The number of unbranched alkanes of at least 4 members (excludes halogenated alkanes) is 2. The van der Waals surface area contributed by atoms with Crippen LogP contribution in [-0.4, -0.2) is 4.57 Å². The molecule has 0 aromatic carbocycles. The third-order valence-corrected chi connectivity index (χ3v) is 1.84. The maximum Gasteiger partial charge on any atom is 0.254 e. The Kier molecular flexibility index (Phi) is 4.03. The first-order valence-electron chi connectivity index (χ1n) is 4.68. The molecular formula is C11H15NO. The summed E-state index contributed by atoms with van der Waals surface area (Å²) < 4.78 is 1.59. The van der Waals surface area contributed by atoms with Crippen molar-refractivity contribution in [3.63, 3.8) is 0 Å². The molecule has 0 spiro atoms. The van der Waals surface area contributed by atoms with E-state index in [1.165, 1.54) is 12.8 Å². The van der Waals surface area contributed by atoms with Crippen LogP contribution in [0.2, 0.25) is 0 Å². The maximum atomic E-state index is 11.2. The quantitative estimate of drug-likeness (QED) is 0.648. The summed E-state index contributed by atoms with van der Waals surface area (Å²) in [5.74, 6) is 0. The van der Waals surface area contributed by atoms with Crippen LogP contribution >= 0.6 is 0 Å². The van der Waals surface area contributed by atoms with Gasteiger partial charge in [-0.2, -0.15) is 0 Å². The molecule has 0 unspecified atom stereocenters. The second-order valence-electron chi connectivity index (χ2n) is 2.97. The average molecular weight is 177 g/mol. The molecule has 70 valence electrons. The summed E-state index contributed by atoms with van der Waals surface area (Å²) in [4.78, 5) is 11.2. The van der Waals surface area contributed by atoms with E-state index in [1.54, 1.807) is 22.9 Å². The molecule has 0 radical (unpaired) electrons. The first-order chi connectivity index (χ1) is 6.34. The molecule has 1 heterocycles. The third kappa shape index (κ3) is 3.28. The van der Waals surface area contributed by atoms with Gasteiger partial charge < -0.3 is 0 Å². The largest absolute Gasteiger partial charge is 0.291 e. The lowest BCUT2D eigenvalue weighted by atomic mass is 10.2. The number of allylic oxidation sites excluding steroid dienone is 1. The topological polar surface area (TPSA) is 22.0 Å². The van der Waals surface area contributed by atoms with Crippen LogP contribution in [0.1, 0.15) is 26.2 Å². The minimum Gasteiger partial charge on any atom is -0.291 e. The fourth-order valence-electron chi connectivity index (χ4n) is 1.07. The van der Waals surface area contributed by atoms with E-state index in [4.69, 9.17) is 0 Å². The van der Waals surface area contributed by atoms with Gasteiger partial charge in [-0.3, -0.25) is 9.36 Å². The van der Waals surface area contributed by atoms with Crippen molar-refractivity contribution in [2.24, 2.45) is 0 Å². The first-order valence-corrected chi connectivity index (χ1v) is 4.68. The van der Waals surface area contributed by atoms with Gasteiger partial charge in [0.2, 0.25) is 0 Å². The molecule has 0 saturated carbocycles. The number of nitrogens with zero attached hydrogens (tertiary/aromatic N) is 1. The predicted molar refractivity (Wildman–Crippen MR) is 55.6 cm³/mol. The highest BCUT2D eigenvalue weighted by atomic mass is 16.1. The number of pyridine rings is 1. The van der Waals surface area contributed by atoms with Crippen molar-refractivity contribution in [1.29, 1.82) is 0 Å². The molecule has 0 atom stereocenters. The molecule has 13 heavy (non-hydrogen) atoms. The first kappa shape index (κ1) is 9.78. The van der Waals surface area contributed by atoms with Crippen LogP contribution in [0.3, 0.4) is 0 Å². The van der Waals surface area contributed by atoms with Crippen molar-refractivity contribution < 1.29 is 0 Å². The molecule has 0 bridgehead atoms. The van der Waals surface area contributed by atoms with Gasteiger partial charge in [-0.15, -0.1) is 0 Å². The van der Waals surface area contributed by atoms with Crippen molar-refractivity contribution in [3.05, 3.63) is 40.8 Å². The summed E-state index contributed by atoms with van der Waals surface area (Å²) in [5, 5.41) is 0. The zero-order valence-electron chi connectivity index (χ0n) is 7.94. The zero-order valence-corrected chi connectivity index (χ0v) is 7.94. The molecule has 2 heteroatoms. The highest BCUT2D eigenvalue weighted by Gasteiger charge is 1.85. The molecule has 0 fully saturated rings. The van der Waals surface area contributed by atoms with E-state index in [0.29, 0.717) is 0 Å². The number of aromatic nitrogens is 1. The molecule has 1 rings (SSSR count). The van der Waals surface area contributed by atoms with Crippen LogP contribution in [-0.2, 0) is 0 Å². The van der Waals surface area contributed by atoms with E-state index >= 15 is 0 Å². The summed E-state index contributed by atoms with van der Waals surface area (Å²) in [6.45, 7) is 2.16. The summed E-state index contributed by atoms with van der Waals surface area (Å²) in [7, 11) is 0. The summed E-state index contributed by atoms with van der Waals surface area (Å²) in [6.07, 6.45) is 9.04. The van der Waals surface area contributed by atoms with E-state index in [0.717, 1.165) is 6.42 Å². The molecule has 1 aromatic rings. The van der Waals surface area contributed by atoms with Gasteiger partial charge in [-0.1, -0.05) is 31.9 Å². The van der Waals surface area contributed by atoms with Crippen LogP contribution in [0, 0.1) is 0 Å². The molecule has 0 aliphatic carbocycles. The fraction of sp³-hybridized carbons (Fsp3) is 0.364. The highest BCUT2D eigenvalue weighted by molar-refractivity contribution is 5.22. The Balaban J connectivity index is 2.58. The van der Waals surface area contributed by atoms with E-state index in [1.807, 2.05) is 18.3 Å². The molecule has 0 saturated heterocycles. The Morgan fingerprint density at radius 1 is 1.46 bits per heavy atom. The van der Waals surface area contributed by atoms with Crippen molar-refractivity contribution in [3.8, 4) is 0 Å². The van der Waals surface area contributed by atoms with E-state index < -0.39 is 0 Å². The van der Waals surface area contributed by atoms with Crippen LogP contribution in [0.15, 0.2) is 35.3 Å². The van der Waals surface area contributed by atoms with Gasteiger partial charge >= 0.3 is 0 Å². The van der Waals surface area contributed by atoms with Crippen LogP contribution in [0.4, 0.5) is 0 Å². The maximum absolute atomic E-state index is 11.2. The van der Waals surface area contributed by atoms with Crippen molar-refractivity contribution in [1.82, 2.24) is 4.57 Å². The lowest BCUT2D eigenvalue weighted by Gasteiger charge is -1.95. The standard InChI is InChI=1S/C11H15NO/c1-2-3-4-6-9-12-10-7-5-8-11(12)13/h5-10H,2-4H2,1H3/b9-6+. The fourth-order valence-corrected chi connectivity index (χ4v) is 1.07. The smallest absolute Gasteiger partial charge is 0.254 e. The molecule has 0 N–H and O–H groups in total. The van der Waals surface area contributed by atoms with E-state index in [2.05, 4.69) is 6.92 Å². The SMILES string of the molecule is CCCC/C=C/n1ccccc1=O. The summed E-state index contributed by atoms with van der Waals surface area (Å²) in [5.41, 5.74) is 0.0234. The third-order valence-electron chi connectivity index (χ3n) is 1.84. The number of rotatable bonds is 4. The van der Waals surface area contributed by atoms with Gasteiger partial charge in [-0.25, -0.2) is 0 Å². The van der Waals surface area contributed by atoms with Crippen molar-refractivity contribution >= 4 is 6.20 Å². The predicted octanol–water partition coefficient (Wildman–Crippen LogP) is 2.51. The zero-order chi connectivity index (χ0) is 9.52. The molecule has 0 aliphatic heterocycles. The van der Waals surface area contributed by atoms with Crippen molar-refractivity contribution in [2.75, 3.05) is 0 Å². The molecular weight excluding hydrogens is 162 g/mol. The average Bonchev–Trinajstić information content (AvgIpc) is 2.15. The van der Waals surface area contributed by atoms with Crippen LogP contribution in [0.5, 0.6) is 0 Å². The Morgan fingerprint density at radius 3 is 3.00 bits per heavy atom. The second-order valence-corrected chi connectivity index (χ2v) is 2.97. The van der Waals surface area contributed by atoms with Crippen molar-refractivity contribution in [2.45, 2.75) is 26.2 Å². The minimum absolute atomic E-state index is 0.0234. The highest BCUT2D eigenvalue weighted by Crippen LogP contribution is 1.95. The van der Waals surface area contributed by atoms with Crippen LogP contribution < -0.4 is 5.56 Å². The number of hydrogen-bond acceptors (Lipinski definition) is 1. The molecule has 1 aromatic heterocycles. The lowest BCUT2D eigenvalue weighted by Crippen LogP contribution is -2.11. The van der Waals surface area contributed by atoms with Gasteiger partial charge in [0.15, 0.2) is 0 Å². The van der Waals surface area contributed by atoms with Gasteiger partial charge in [0.1, 0.15) is 0 Å². The number of hydrogen-bond donors (Lipinski definition) is 0. The Morgan fingerprint density at radius 2 is 2.31 bits per heavy atom. The molecule has 2 nitrogen and oxygen atoms in total. The monoisotopic (exact) mass is 177 g/mol.